The van der Waals surface area contributed by atoms with Crippen molar-refractivity contribution in [3.63, 3.8) is 0 Å². The Morgan fingerprint density at radius 3 is 2.78 bits per heavy atom. The maximum Gasteiger partial charge on any atom is 0.168 e. The summed E-state index contributed by atoms with van der Waals surface area (Å²) in [6, 6.07) is 8.74. The van der Waals surface area contributed by atoms with Crippen molar-refractivity contribution in [3.8, 4) is 0 Å². The van der Waals surface area contributed by atoms with Crippen LogP contribution in [0.1, 0.15) is 28.7 Å². The molecule has 4 rings (SSSR count). The molecule has 0 bridgehead atoms. The summed E-state index contributed by atoms with van der Waals surface area (Å²) in [6.07, 6.45) is 0.427. The van der Waals surface area contributed by atoms with Crippen LogP contribution < -0.4 is 0 Å². The summed E-state index contributed by atoms with van der Waals surface area (Å²) in [4.78, 5) is 20.7. The van der Waals surface area contributed by atoms with Gasteiger partial charge in [0.05, 0.1) is 30.2 Å². The van der Waals surface area contributed by atoms with Gasteiger partial charge in [0.15, 0.2) is 11.6 Å². The highest BCUT2D eigenvalue weighted by atomic mass is 19.1. The van der Waals surface area contributed by atoms with Gasteiger partial charge in [-0.3, -0.25) is 4.79 Å². The molecule has 2 aromatic heterocycles. The SMILES string of the molecule is O=C(Cc1ncnc2c1c(F)cn2[C@H]1C[C@H](O)[C@@H](CO)O1)c1ccccc1. The van der Waals surface area contributed by atoms with Crippen LogP contribution in [0.15, 0.2) is 42.9 Å². The van der Waals surface area contributed by atoms with Gasteiger partial charge in [0.25, 0.3) is 0 Å². The van der Waals surface area contributed by atoms with Gasteiger partial charge in [-0.05, 0) is 0 Å². The number of hydrogen-bond acceptors (Lipinski definition) is 6. The van der Waals surface area contributed by atoms with Crippen molar-refractivity contribution in [2.75, 3.05) is 6.61 Å². The molecule has 2 N–H and O–H groups in total. The van der Waals surface area contributed by atoms with E-state index < -0.39 is 24.3 Å². The van der Waals surface area contributed by atoms with Crippen LogP contribution in [0.4, 0.5) is 4.39 Å². The van der Waals surface area contributed by atoms with E-state index in [0.29, 0.717) is 11.3 Å². The summed E-state index contributed by atoms with van der Waals surface area (Å²) in [6.45, 7) is -0.328. The molecule has 0 unspecified atom stereocenters. The van der Waals surface area contributed by atoms with Gasteiger partial charge >= 0.3 is 0 Å². The van der Waals surface area contributed by atoms with Crippen molar-refractivity contribution in [3.05, 3.63) is 59.9 Å². The highest BCUT2D eigenvalue weighted by molar-refractivity contribution is 5.99. The first-order chi connectivity index (χ1) is 13.1. The summed E-state index contributed by atoms with van der Waals surface area (Å²) in [5.41, 5.74) is 1.11. The Morgan fingerprint density at radius 1 is 1.30 bits per heavy atom. The first kappa shape index (κ1) is 17.7. The molecule has 3 atom stereocenters. The van der Waals surface area contributed by atoms with Crippen LogP contribution in [-0.4, -0.2) is 49.3 Å². The lowest BCUT2D eigenvalue weighted by Crippen LogP contribution is -2.24. The predicted molar refractivity (Wildman–Crippen MR) is 93.6 cm³/mol. The molecule has 7 nitrogen and oxygen atoms in total. The van der Waals surface area contributed by atoms with E-state index in [1.807, 2.05) is 6.07 Å². The number of ketones is 1. The summed E-state index contributed by atoms with van der Waals surface area (Å²) >= 11 is 0. The Kier molecular flexibility index (Phi) is 4.69. The quantitative estimate of drug-likeness (QED) is 0.662. The molecule has 1 aromatic carbocycles. The first-order valence-electron chi connectivity index (χ1n) is 8.61. The van der Waals surface area contributed by atoms with Crippen LogP contribution in [-0.2, 0) is 11.2 Å². The van der Waals surface area contributed by atoms with E-state index in [2.05, 4.69) is 9.97 Å². The molecule has 1 saturated heterocycles. The highest BCUT2D eigenvalue weighted by Gasteiger charge is 2.35. The van der Waals surface area contributed by atoms with Gasteiger partial charge in [-0.25, -0.2) is 14.4 Å². The molecule has 1 aliphatic heterocycles. The lowest BCUT2D eigenvalue weighted by Gasteiger charge is -2.14. The molecule has 0 spiro atoms. The molecule has 8 heteroatoms. The number of halogens is 1. The Labute approximate surface area is 154 Å². The highest BCUT2D eigenvalue weighted by Crippen LogP contribution is 2.33. The van der Waals surface area contributed by atoms with Gasteiger partial charge in [0.2, 0.25) is 0 Å². The maximum absolute atomic E-state index is 14.7. The van der Waals surface area contributed by atoms with Crippen LogP contribution in [0.2, 0.25) is 0 Å². The Morgan fingerprint density at radius 2 is 2.07 bits per heavy atom. The standard InChI is InChI=1S/C19H18FN3O4/c20-12-8-23(17-7-15(26)16(9-24)27-17)19-18(12)13(21-10-22-19)6-14(25)11-4-2-1-3-5-11/h1-5,8,10,15-17,24,26H,6-7,9H2/t15-,16+,17+/m0/s1. The second-order valence-electron chi connectivity index (χ2n) is 6.48. The zero-order valence-electron chi connectivity index (χ0n) is 14.3. The van der Waals surface area contributed by atoms with Crippen molar-refractivity contribution in [2.24, 2.45) is 0 Å². The molecular formula is C19H18FN3O4. The fourth-order valence-corrected chi connectivity index (χ4v) is 3.38. The topological polar surface area (TPSA) is 97.5 Å². The van der Waals surface area contributed by atoms with Gasteiger partial charge in [-0.1, -0.05) is 30.3 Å². The number of carbonyl (C=O) groups is 1. The molecule has 27 heavy (non-hydrogen) atoms. The largest absolute Gasteiger partial charge is 0.394 e. The normalized spacial score (nSPS) is 22.4. The van der Waals surface area contributed by atoms with Crippen molar-refractivity contribution >= 4 is 16.8 Å². The van der Waals surface area contributed by atoms with E-state index in [9.17, 15) is 19.4 Å². The Hall–Kier alpha value is -2.68. The number of aromatic nitrogens is 3. The zero-order valence-corrected chi connectivity index (χ0v) is 14.3. The van der Waals surface area contributed by atoms with Crippen molar-refractivity contribution in [1.29, 1.82) is 0 Å². The Bertz CT molecular complexity index is 976. The number of carbonyl (C=O) groups excluding carboxylic acids is 1. The molecule has 0 amide bonds. The van der Waals surface area contributed by atoms with Gasteiger partial charge < -0.3 is 19.5 Å². The van der Waals surface area contributed by atoms with E-state index in [0.717, 1.165) is 0 Å². The fourth-order valence-electron chi connectivity index (χ4n) is 3.38. The number of ether oxygens (including phenoxy) is 1. The van der Waals surface area contributed by atoms with Gasteiger partial charge in [0.1, 0.15) is 24.3 Å². The van der Waals surface area contributed by atoms with Crippen LogP contribution in [0.25, 0.3) is 11.0 Å². The van der Waals surface area contributed by atoms with Crippen LogP contribution in [0.3, 0.4) is 0 Å². The smallest absolute Gasteiger partial charge is 0.168 e. The van der Waals surface area contributed by atoms with Crippen LogP contribution in [0.5, 0.6) is 0 Å². The third-order valence-electron chi connectivity index (χ3n) is 4.76. The van der Waals surface area contributed by atoms with E-state index in [1.54, 1.807) is 24.3 Å². The molecular weight excluding hydrogens is 353 g/mol. The summed E-state index contributed by atoms with van der Waals surface area (Å²) < 4.78 is 21.7. The Balaban J connectivity index is 1.68. The number of fused-ring (bicyclic) bond motifs is 1. The van der Waals surface area contributed by atoms with E-state index >= 15 is 0 Å². The average molecular weight is 371 g/mol. The monoisotopic (exact) mass is 371 g/mol. The summed E-state index contributed by atoms with van der Waals surface area (Å²) in [5.74, 6) is -0.734. The second kappa shape index (κ2) is 7.15. The third kappa shape index (κ3) is 3.23. The molecule has 140 valence electrons. The number of aliphatic hydroxyl groups excluding tert-OH is 2. The second-order valence-corrected chi connectivity index (χ2v) is 6.48. The van der Waals surface area contributed by atoms with E-state index in [1.165, 1.54) is 17.1 Å². The number of Topliss-reactive ketones (excluding diaryl/α,β-unsaturated/α-hetero) is 1. The summed E-state index contributed by atoms with van der Waals surface area (Å²) in [7, 11) is 0. The lowest BCUT2D eigenvalue weighted by atomic mass is 10.1. The number of hydrogen-bond donors (Lipinski definition) is 2. The first-order valence-corrected chi connectivity index (χ1v) is 8.61. The fraction of sp³-hybridized carbons (Fsp3) is 0.316. The van der Waals surface area contributed by atoms with Gasteiger partial charge in [-0.15, -0.1) is 0 Å². The van der Waals surface area contributed by atoms with E-state index in [-0.39, 0.29) is 36.3 Å². The third-order valence-corrected chi connectivity index (χ3v) is 4.76. The minimum atomic E-state index is -0.846. The number of nitrogens with zero attached hydrogens (tertiary/aromatic N) is 3. The maximum atomic E-state index is 14.7. The molecule has 3 aromatic rings. The molecule has 1 aliphatic rings. The minimum Gasteiger partial charge on any atom is -0.394 e. The van der Waals surface area contributed by atoms with E-state index in [4.69, 9.17) is 4.74 Å². The van der Waals surface area contributed by atoms with Crippen molar-refractivity contribution in [1.82, 2.24) is 14.5 Å². The van der Waals surface area contributed by atoms with Crippen LogP contribution in [0, 0.1) is 5.82 Å². The van der Waals surface area contributed by atoms with Crippen molar-refractivity contribution < 1.29 is 24.1 Å². The minimum absolute atomic E-state index is 0.0582. The lowest BCUT2D eigenvalue weighted by molar-refractivity contribution is -0.0431. The molecule has 0 radical (unpaired) electrons. The zero-order chi connectivity index (χ0) is 19.0. The number of benzene rings is 1. The number of rotatable bonds is 5. The summed E-state index contributed by atoms with van der Waals surface area (Å²) in [5, 5.41) is 19.3. The van der Waals surface area contributed by atoms with Gasteiger partial charge in [-0.2, -0.15) is 0 Å². The van der Waals surface area contributed by atoms with Crippen molar-refractivity contribution in [2.45, 2.75) is 31.3 Å². The molecule has 1 fully saturated rings. The molecule has 3 heterocycles. The number of aliphatic hydroxyl groups is 2. The molecule has 0 saturated carbocycles. The van der Waals surface area contributed by atoms with Crippen LogP contribution >= 0.6 is 0 Å². The average Bonchev–Trinajstić information content (AvgIpc) is 3.23. The predicted octanol–water partition coefficient (Wildman–Crippen LogP) is 1.64. The van der Waals surface area contributed by atoms with Gasteiger partial charge in [0, 0.05) is 18.2 Å². The molecule has 0 aliphatic carbocycles.